The van der Waals surface area contributed by atoms with Gasteiger partial charge in [-0.2, -0.15) is 0 Å². The lowest BCUT2D eigenvalue weighted by Gasteiger charge is -2.23. The maximum atomic E-state index is 5.16. The van der Waals surface area contributed by atoms with Gasteiger partial charge in [0.2, 0.25) is 0 Å². The first-order valence-electron chi connectivity index (χ1n) is 20.3. The van der Waals surface area contributed by atoms with E-state index in [2.05, 4.69) is 168 Å². The number of hydrogen-bond acceptors (Lipinski definition) is 3. The number of para-hydroxylation sites is 3. The zero-order valence-electron chi connectivity index (χ0n) is 33.2. The molecule has 7 aromatic carbocycles. The van der Waals surface area contributed by atoms with Crippen LogP contribution in [0.25, 0.3) is 83.2 Å². The lowest BCUT2D eigenvalue weighted by atomic mass is 9.94. The van der Waals surface area contributed by atoms with E-state index in [1.54, 1.807) is 0 Å². The van der Waals surface area contributed by atoms with Gasteiger partial charge in [0, 0.05) is 49.4 Å². The Hall–Kier alpha value is -7.89. The molecule has 5 heteroatoms. The summed E-state index contributed by atoms with van der Waals surface area (Å²) in [5.41, 5.74) is 10.6. The highest BCUT2D eigenvalue weighted by atomic mass is 15.0. The minimum absolute atomic E-state index is 0.281. The smallest absolute Gasteiger partial charge is 0.164 e. The second-order valence-corrected chi connectivity index (χ2v) is 14.7. The van der Waals surface area contributed by atoms with Crippen molar-refractivity contribution in [1.82, 2.24) is 24.1 Å². The minimum Gasteiger partial charge on any atom is -0.329 e. The van der Waals surface area contributed by atoms with Gasteiger partial charge in [0.25, 0.3) is 0 Å². The van der Waals surface area contributed by atoms with Crippen LogP contribution >= 0.6 is 0 Å². The zero-order chi connectivity index (χ0) is 40.4. The monoisotopic (exact) mass is 771 g/mol. The Morgan fingerprint density at radius 2 is 1.12 bits per heavy atom. The molecule has 60 heavy (non-hydrogen) atoms. The number of fused-ring (bicyclic) bond motifs is 7. The van der Waals surface area contributed by atoms with Crippen LogP contribution in [0.3, 0.4) is 0 Å². The van der Waals surface area contributed by atoms with Crippen molar-refractivity contribution in [3.63, 3.8) is 0 Å². The lowest BCUT2D eigenvalue weighted by Crippen LogP contribution is -2.10. The second kappa shape index (κ2) is 15.8. The van der Waals surface area contributed by atoms with E-state index in [0.717, 1.165) is 50.1 Å². The SMILES string of the molecule is C=C/C=C\C(/C(=C\C(=C/C)c1nc(-c2ccccc2)nc(-c2ccccc2)n1)c1ccccc1)n1c2ccccc2c2ccc3c(c4ccccc4n3-c3ccccc3)c21. The van der Waals surface area contributed by atoms with Crippen LogP contribution in [0.4, 0.5) is 0 Å². The quantitative estimate of drug-likeness (QED) is 0.130. The van der Waals surface area contributed by atoms with Gasteiger partial charge >= 0.3 is 0 Å². The van der Waals surface area contributed by atoms with E-state index >= 15 is 0 Å². The Morgan fingerprint density at radius 1 is 0.550 bits per heavy atom. The Morgan fingerprint density at radius 3 is 1.75 bits per heavy atom. The van der Waals surface area contributed by atoms with Crippen molar-refractivity contribution in [3.05, 3.63) is 230 Å². The molecule has 0 aliphatic heterocycles. The molecule has 286 valence electrons. The van der Waals surface area contributed by atoms with Gasteiger partial charge < -0.3 is 9.13 Å². The molecular formula is C55H41N5. The summed E-state index contributed by atoms with van der Waals surface area (Å²) in [6.45, 7) is 6.20. The fraction of sp³-hybridized carbons (Fsp3) is 0.0364. The first-order valence-corrected chi connectivity index (χ1v) is 20.3. The van der Waals surface area contributed by atoms with Crippen LogP contribution in [0.1, 0.15) is 24.4 Å². The van der Waals surface area contributed by atoms with Gasteiger partial charge in [0.05, 0.1) is 22.6 Å². The molecule has 0 bridgehead atoms. The van der Waals surface area contributed by atoms with E-state index in [0.29, 0.717) is 17.5 Å². The van der Waals surface area contributed by atoms with Crippen molar-refractivity contribution in [2.45, 2.75) is 13.0 Å². The van der Waals surface area contributed by atoms with Gasteiger partial charge in [-0.15, -0.1) is 0 Å². The number of aromatic nitrogens is 5. The van der Waals surface area contributed by atoms with E-state index in [1.165, 1.54) is 27.1 Å². The van der Waals surface area contributed by atoms with Gasteiger partial charge in [0.15, 0.2) is 17.5 Å². The largest absolute Gasteiger partial charge is 0.329 e. The highest BCUT2D eigenvalue weighted by Gasteiger charge is 2.26. The van der Waals surface area contributed by atoms with Crippen molar-refractivity contribution in [2.24, 2.45) is 0 Å². The Kier molecular flexibility index (Phi) is 9.60. The van der Waals surface area contributed by atoms with Gasteiger partial charge in [-0.05, 0) is 54.5 Å². The molecule has 0 radical (unpaired) electrons. The van der Waals surface area contributed by atoms with Crippen molar-refractivity contribution in [3.8, 4) is 28.5 Å². The molecule has 0 aliphatic carbocycles. The maximum Gasteiger partial charge on any atom is 0.164 e. The lowest BCUT2D eigenvalue weighted by molar-refractivity contribution is 0.801. The molecule has 0 fully saturated rings. The number of allylic oxidation sites excluding steroid dienone is 7. The Balaban J connectivity index is 1.28. The molecule has 3 aromatic heterocycles. The summed E-state index contributed by atoms with van der Waals surface area (Å²) in [6.07, 6.45) is 10.6. The molecule has 0 saturated carbocycles. The molecule has 0 amide bonds. The van der Waals surface area contributed by atoms with E-state index in [4.69, 9.17) is 15.0 Å². The Bertz CT molecular complexity index is 3210. The average Bonchev–Trinajstić information content (AvgIpc) is 3.84. The zero-order valence-corrected chi connectivity index (χ0v) is 33.2. The van der Waals surface area contributed by atoms with Crippen LogP contribution in [-0.4, -0.2) is 24.1 Å². The van der Waals surface area contributed by atoms with E-state index < -0.39 is 0 Å². The van der Waals surface area contributed by atoms with Crippen molar-refractivity contribution >= 4 is 54.8 Å². The summed E-state index contributed by atoms with van der Waals surface area (Å²) in [4.78, 5) is 15.3. The van der Waals surface area contributed by atoms with E-state index in [-0.39, 0.29) is 6.04 Å². The molecule has 10 rings (SSSR count). The first-order chi connectivity index (χ1) is 29.7. The Labute approximate surface area is 349 Å². The van der Waals surface area contributed by atoms with Crippen LogP contribution < -0.4 is 0 Å². The predicted molar refractivity (Wildman–Crippen MR) is 251 cm³/mol. The summed E-state index contributed by atoms with van der Waals surface area (Å²) >= 11 is 0. The second-order valence-electron chi connectivity index (χ2n) is 14.7. The predicted octanol–water partition coefficient (Wildman–Crippen LogP) is 13.9. The maximum absolute atomic E-state index is 5.16. The average molecular weight is 772 g/mol. The molecule has 5 nitrogen and oxygen atoms in total. The van der Waals surface area contributed by atoms with Gasteiger partial charge in [-0.1, -0.05) is 183 Å². The first kappa shape index (κ1) is 36.5. The van der Waals surface area contributed by atoms with Crippen LogP contribution in [0.2, 0.25) is 0 Å². The molecule has 1 atom stereocenters. The minimum atomic E-state index is -0.281. The third-order valence-electron chi connectivity index (χ3n) is 11.2. The summed E-state index contributed by atoms with van der Waals surface area (Å²) in [5, 5.41) is 4.79. The van der Waals surface area contributed by atoms with Crippen molar-refractivity contribution in [1.29, 1.82) is 0 Å². The third-order valence-corrected chi connectivity index (χ3v) is 11.2. The molecule has 0 aliphatic rings. The highest BCUT2D eigenvalue weighted by Crippen LogP contribution is 2.45. The number of nitrogens with zero attached hydrogens (tertiary/aromatic N) is 5. The third kappa shape index (κ3) is 6.43. The van der Waals surface area contributed by atoms with Crippen molar-refractivity contribution < 1.29 is 0 Å². The van der Waals surface area contributed by atoms with E-state index in [1.807, 2.05) is 66.7 Å². The number of benzene rings is 7. The summed E-state index contributed by atoms with van der Waals surface area (Å²) in [5.74, 6) is 1.84. The van der Waals surface area contributed by atoms with E-state index in [9.17, 15) is 0 Å². The van der Waals surface area contributed by atoms with Crippen molar-refractivity contribution in [2.75, 3.05) is 0 Å². The summed E-state index contributed by atoms with van der Waals surface area (Å²) in [7, 11) is 0. The molecule has 0 spiro atoms. The highest BCUT2D eigenvalue weighted by molar-refractivity contribution is 6.25. The molecule has 0 N–H and O–H groups in total. The van der Waals surface area contributed by atoms with Crippen LogP contribution in [-0.2, 0) is 0 Å². The van der Waals surface area contributed by atoms with Crippen LogP contribution in [0, 0.1) is 0 Å². The number of hydrogen-bond donors (Lipinski definition) is 0. The van der Waals surface area contributed by atoms with Crippen LogP contribution in [0.15, 0.2) is 219 Å². The molecular weight excluding hydrogens is 731 g/mol. The van der Waals surface area contributed by atoms with Gasteiger partial charge in [-0.3, -0.25) is 0 Å². The molecule has 0 saturated heterocycles. The van der Waals surface area contributed by atoms with Gasteiger partial charge in [0.1, 0.15) is 0 Å². The fourth-order valence-corrected chi connectivity index (χ4v) is 8.55. The number of rotatable bonds is 10. The van der Waals surface area contributed by atoms with Gasteiger partial charge in [-0.25, -0.2) is 15.0 Å². The van der Waals surface area contributed by atoms with Crippen LogP contribution in [0.5, 0.6) is 0 Å². The fourth-order valence-electron chi connectivity index (χ4n) is 8.55. The standard InChI is InChI=1S/C55H41N5/c1-3-5-32-49(60-47-33-20-18-30-43(47)44-35-36-50-51(52(44)60)45-31-19-21-34-48(45)59(50)42-28-16-9-17-29-42)46(39-22-10-6-11-23-39)37-38(4-2)53-56-54(40-24-12-7-13-25-40)58-55(57-53)41-26-14-8-15-27-41/h3-37,49H,1H2,2H3/b32-5-,38-4+,46-37-. The summed E-state index contributed by atoms with van der Waals surface area (Å²) < 4.78 is 4.92. The summed E-state index contributed by atoms with van der Waals surface area (Å²) in [6, 6.07) is 63.4. The topological polar surface area (TPSA) is 48.5 Å². The molecule has 1 unspecified atom stereocenters. The molecule has 10 aromatic rings. The normalized spacial score (nSPS) is 12.9. The molecule has 3 heterocycles.